The molecule has 0 unspecified atom stereocenters. The summed E-state index contributed by atoms with van der Waals surface area (Å²) >= 11 is 0. The molecule has 152 valence electrons. The molecule has 0 saturated carbocycles. The zero-order valence-electron chi connectivity index (χ0n) is 16.7. The zero-order chi connectivity index (χ0) is 21.0. The number of aromatic nitrogens is 2. The Balaban J connectivity index is 1.73. The van der Waals surface area contributed by atoms with Crippen LogP contribution in [-0.4, -0.2) is 36.7 Å². The first-order valence-electron chi connectivity index (χ1n) is 8.88. The molecule has 0 aliphatic heterocycles. The third-order valence-electron chi connectivity index (χ3n) is 4.31. The molecule has 0 fully saturated rings. The van der Waals surface area contributed by atoms with E-state index >= 15 is 0 Å². The van der Waals surface area contributed by atoms with Crippen molar-refractivity contribution >= 4 is 11.6 Å². The molecular formula is C21H22N2O6. The van der Waals surface area contributed by atoms with Crippen LogP contribution in [-0.2, 0) is 22.6 Å². The van der Waals surface area contributed by atoms with Crippen molar-refractivity contribution in [2.75, 3.05) is 21.3 Å². The number of ether oxygens (including phenoxy) is 4. The van der Waals surface area contributed by atoms with Crippen molar-refractivity contribution in [3.63, 3.8) is 0 Å². The first-order chi connectivity index (χ1) is 13.9. The molecule has 3 rings (SSSR count). The van der Waals surface area contributed by atoms with Crippen LogP contribution >= 0.6 is 0 Å². The van der Waals surface area contributed by atoms with Crippen molar-refractivity contribution in [3.8, 4) is 17.2 Å². The normalized spacial score (nSPS) is 10.6. The fraction of sp³-hybridized carbons (Fsp3) is 0.286. The van der Waals surface area contributed by atoms with E-state index in [1.165, 1.54) is 31.8 Å². The molecule has 0 N–H and O–H groups in total. The number of esters is 1. The maximum absolute atomic E-state index is 12.3. The molecule has 0 aliphatic rings. The summed E-state index contributed by atoms with van der Waals surface area (Å²) in [6.45, 7) is 1.80. The molecule has 0 bridgehead atoms. The van der Waals surface area contributed by atoms with Gasteiger partial charge in [-0.1, -0.05) is 6.07 Å². The van der Waals surface area contributed by atoms with Crippen molar-refractivity contribution in [1.82, 2.24) is 9.38 Å². The molecule has 0 spiro atoms. The predicted molar refractivity (Wildman–Crippen MR) is 106 cm³/mol. The summed E-state index contributed by atoms with van der Waals surface area (Å²) in [7, 11) is 4.52. The average molecular weight is 398 g/mol. The molecule has 1 aromatic carbocycles. The average Bonchev–Trinajstić information content (AvgIpc) is 2.72. The lowest BCUT2D eigenvalue weighted by Gasteiger charge is -2.14. The number of hydrogen-bond donors (Lipinski definition) is 0. The summed E-state index contributed by atoms with van der Waals surface area (Å²) in [6.07, 6.45) is 1.72. The lowest BCUT2D eigenvalue weighted by molar-refractivity contribution is -0.144. The third kappa shape index (κ3) is 4.48. The van der Waals surface area contributed by atoms with Crippen molar-refractivity contribution in [3.05, 3.63) is 63.7 Å². The summed E-state index contributed by atoms with van der Waals surface area (Å²) in [6, 6.07) is 8.34. The highest BCUT2D eigenvalue weighted by atomic mass is 16.5. The fourth-order valence-electron chi connectivity index (χ4n) is 2.94. The van der Waals surface area contributed by atoms with Gasteiger partial charge in [-0.2, -0.15) is 0 Å². The van der Waals surface area contributed by atoms with Gasteiger partial charge < -0.3 is 18.9 Å². The van der Waals surface area contributed by atoms with Crippen LogP contribution in [0.5, 0.6) is 17.2 Å². The highest BCUT2D eigenvalue weighted by Crippen LogP contribution is 2.38. The van der Waals surface area contributed by atoms with Crippen LogP contribution in [0.2, 0.25) is 0 Å². The summed E-state index contributed by atoms with van der Waals surface area (Å²) in [5, 5.41) is 0. The van der Waals surface area contributed by atoms with E-state index < -0.39 is 5.97 Å². The van der Waals surface area contributed by atoms with E-state index in [1.807, 2.05) is 13.0 Å². The number of pyridine rings is 1. The molecule has 8 nitrogen and oxygen atoms in total. The van der Waals surface area contributed by atoms with Crippen molar-refractivity contribution in [2.24, 2.45) is 0 Å². The van der Waals surface area contributed by atoms with E-state index in [1.54, 1.807) is 24.4 Å². The molecule has 3 aromatic rings. The van der Waals surface area contributed by atoms with E-state index in [2.05, 4.69) is 4.98 Å². The van der Waals surface area contributed by atoms with Gasteiger partial charge >= 0.3 is 5.97 Å². The Labute approximate surface area is 167 Å². The summed E-state index contributed by atoms with van der Waals surface area (Å²) in [5.74, 6) is 0.886. The van der Waals surface area contributed by atoms with E-state index in [4.69, 9.17) is 18.9 Å². The second kappa shape index (κ2) is 8.64. The minimum absolute atomic E-state index is 0.00245. The van der Waals surface area contributed by atoms with Gasteiger partial charge in [-0.3, -0.25) is 14.0 Å². The number of aryl methyl sites for hydroxylation is 1. The maximum atomic E-state index is 12.3. The number of rotatable bonds is 7. The number of nitrogens with zero attached hydrogens (tertiary/aromatic N) is 2. The SMILES string of the molecule is COc1cc(CC(=O)OCc2cc(=O)n3cc(C)ccc3n2)cc(OC)c1OC. The molecule has 0 saturated heterocycles. The van der Waals surface area contributed by atoms with E-state index in [9.17, 15) is 9.59 Å². The van der Waals surface area contributed by atoms with Gasteiger partial charge in [0, 0.05) is 12.3 Å². The van der Waals surface area contributed by atoms with E-state index in [0.29, 0.717) is 34.2 Å². The fourth-order valence-corrected chi connectivity index (χ4v) is 2.94. The van der Waals surface area contributed by atoms with Gasteiger partial charge in [0.25, 0.3) is 5.56 Å². The van der Waals surface area contributed by atoms with Crippen molar-refractivity contribution < 1.29 is 23.7 Å². The van der Waals surface area contributed by atoms with Crippen molar-refractivity contribution in [1.29, 1.82) is 0 Å². The molecule has 29 heavy (non-hydrogen) atoms. The van der Waals surface area contributed by atoms with Gasteiger partial charge in [0.1, 0.15) is 12.3 Å². The predicted octanol–water partition coefficient (Wildman–Crippen LogP) is 2.31. The van der Waals surface area contributed by atoms with Gasteiger partial charge in [0.15, 0.2) is 11.5 Å². The topological polar surface area (TPSA) is 88.4 Å². The lowest BCUT2D eigenvalue weighted by Crippen LogP contribution is -2.17. The molecule has 2 aromatic heterocycles. The first kappa shape index (κ1) is 20.2. The number of hydrogen-bond acceptors (Lipinski definition) is 7. The monoisotopic (exact) mass is 398 g/mol. The summed E-state index contributed by atoms with van der Waals surface area (Å²) in [5.41, 5.74) is 2.25. The molecule has 2 heterocycles. The smallest absolute Gasteiger partial charge is 0.310 e. The van der Waals surface area contributed by atoms with Gasteiger partial charge in [0.05, 0.1) is 33.4 Å². The Morgan fingerprint density at radius 1 is 1.03 bits per heavy atom. The van der Waals surface area contributed by atoms with Crippen LogP contribution in [0.25, 0.3) is 5.65 Å². The second-order valence-corrected chi connectivity index (χ2v) is 6.39. The minimum atomic E-state index is -0.467. The minimum Gasteiger partial charge on any atom is -0.493 e. The molecule has 0 atom stereocenters. The molecule has 0 aliphatic carbocycles. The van der Waals surface area contributed by atoms with Crippen LogP contribution in [0.4, 0.5) is 0 Å². The van der Waals surface area contributed by atoms with E-state index in [0.717, 1.165) is 5.56 Å². The zero-order valence-corrected chi connectivity index (χ0v) is 16.7. The largest absolute Gasteiger partial charge is 0.493 e. The van der Waals surface area contributed by atoms with Crippen LogP contribution in [0, 0.1) is 6.92 Å². The summed E-state index contributed by atoms with van der Waals surface area (Å²) in [4.78, 5) is 28.9. The van der Waals surface area contributed by atoms with Crippen molar-refractivity contribution in [2.45, 2.75) is 20.0 Å². The number of benzene rings is 1. The Morgan fingerprint density at radius 3 is 2.34 bits per heavy atom. The van der Waals surface area contributed by atoms with Gasteiger partial charge in [-0.05, 0) is 36.2 Å². The van der Waals surface area contributed by atoms with E-state index in [-0.39, 0.29) is 18.6 Å². The quantitative estimate of drug-likeness (QED) is 0.564. The molecule has 0 radical (unpaired) electrons. The number of methoxy groups -OCH3 is 3. The third-order valence-corrected chi connectivity index (χ3v) is 4.31. The number of carbonyl (C=O) groups is 1. The molecule has 0 amide bonds. The Bertz CT molecular complexity index is 1080. The molecule has 8 heteroatoms. The number of fused-ring (bicyclic) bond motifs is 1. The lowest BCUT2D eigenvalue weighted by atomic mass is 10.1. The molecular weight excluding hydrogens is 376 g/mol. The number of carbonyl (C=O) groups excluding carboxylic acids is 1. The van der Waals surface area contributed by atoms with Crippen LogP contribution in [0.3, 0.4) is 0 Å². The van der Waals surface area contributed by atoms with Crippen LogP contribution in [0.15, 0.2) is 41.3 Å². The Hall–Kier alpha value is -3.55. The Kier molecular flexibility index (Phi) is 6.01. The summed E-state index contributed by atoms with van der Waals surface area (Å²) < 4.78 is 22.6. The first-order valence-corrected chi connectivity index (χ1v) is 8.88. The Morgan fingerprint density at radius 2 is 1.72 bits per heavy atom. The standard InChI is InChI=1S/C21H22N2O6/c1-13-5-6-18-22-15(10-19(24)23(18)11-13)12-29-20(25)9-14-7-16(26-2)21(28-4)17(8-14)27-3/h5-8,10-11H,9,12H2,1-4H3. The van der Waals surface area contributed by atoms with Crippen LogP contribution in [0.1, 0.15) is 16.8 Å². The van der Waals surface area contributed by atoms with Crippen LogP contribution < -0.4 is 19.8 Å². The highest BCUT2D eigenvalue weighted by molar-refractivity contribution is 5.73. The van der Waals surface area contributed by atoms with Gasteiger partial charge in [-0.25, -0.2) is 4.98 Å². The highest BCUT2D eigenvalue weighted by Gasteiger charge is 2.16. The second-order valence-electron chi connectivity index (χ2n) is 6.39. The van der Waals surface area contributed by atoms with Gasteiger partial charge in [0.2, 0.25) is 5.75 Å². The maximum Gasteiger partial charge on any atom is 0.310 e. The van der Waals surface area contributed by atoms with Gasteiger partial charge in [-0.15, -0.1) is 0 Å².